The molecule has 0 radical (unpaired) electrons. The Morgan fingerprint density at radius 1 is 1.38 bits per heavy atom. The van der Waals surface area contributed by atoms with E-state index >= 15 is 0 Å². The van der Waals surface area contributed by atoms with Crippen LogP contribution in [0.15, 0.2) is 6.07 Å². The van der Waals surface area contributed by atoms with Crippen molar-refractivity contribution in [3.63, 3.8) is 0 Å². The van der Waals surface area contributed by atoms with E-state index in [4.69, 9.17) is 16.9 Å². The van der Waals surface area contributed by atoms with Crippen LogP contribution < -0.4 is 0 Å². The van der Waals surface area contributed by atoms with Gasteiger partial charge in [-0.15, -0.1) is 0 Å². The van der Waals surface area contributed by atoms with E-state index in [-0.39, 0.29) is 0 Å². The van der Waals surface area contributed by atoms with Gasteiger partial charge in [-0.1, -0.05) is 11.6 Å². The van der Waals surface area contributed by atoms with Gasteiger partial charge in [-0.3, -0.25) is 0 Å². The highest BCUT2D eigenvalue weighted by Crippen LogP contribution is 2.34. The molecule has 0 saturated heterocycles. The molecule has 1 aromatic rings. The highest BCUT2D eigenvalue weighted by Gasteiger charge is 2.19. The van der Waals surface area contributed by atoms with Crippen LogP contribution in [0.2, 0.25) is 5.02 Å². The van der Waals surface area contributed by atoms with Crippen LogP contribution in [0.1, 0.15) is 23.1 Å². The summed E-state index contributed by atoms with van der Waals surface area (Å²) in [6, 6.07) is 4.11. The van der Waals surface area contributed by atoms with E-state index in [9.17, 15) is 0 Å². The Morgan fingerprint density at radius 3 is 2.77 bits per heavy atom. The maximum atomic E-state index is 8.92. The smallest absolute Gasteiger partial charge is 0.0995 e. The van der Waals surface area contributed by atoms with Gasteiger partial charge in [-0.2, -0.15) is 5.26 Å². The Morgan fingerprint density at radius 2 is 2.08 bits per heavy atom. The normalized spacial score (nSPS) is 13.9. The van der Waals surface area contributed by atoms with Crippen LogP contribution >= 0.6 is 34.2 Å². The molecule has 0 heterocycles. The molecule has 1 aliphatic rings. The van der Waals surface area contributed by atoms with Crippen LogP contribution in [0.25, 0.3) is 0 Å². The number of fused-ring (bicyclic) bond motifs is 1. The molecule has 0 atom stereocenters. The molecule has 0 unspecified atom stereocenters. The molecular formula is C10H7ClIN. The van der Waals surface area contributed by atoms with Crippen molar-refractivity contribution in [3.8, 4) is 6.07 Å². The lowest BCUT2D eigenvalue weighted by molar-refractivity contribution is 0.911. The summed E-state index contributed by atoms with van der Waals surface area (Å²) in [7, 11) is 0. The summed E-state index contributed by atoms with van der Waals surface area (Å²) in [5, 5.41) is 9.77. The summed E-state index contributed by atoms with van der Waals surface area (Å²) >= 11 is 8.33. The molecule has 0 fully saturated rings. The summed E-state index contributed by atoms with van der Waals surface area (Å²) < 4.78 is 0.997. The number of halogens is 2. The van der Waals surface area contributed by atoms with Crippen molar-refractivity contribution in [2.24, 2.45) is 0 Å². The van der Waals surface area contributed by atoms with E-state index in [0.29, 0.717) is 0 Å². The second kappa shape index (κ2) is 3.47. The molecule has 0 N–H and O–H groups in total. The van der Waals surface area contributed by atoms with E-state index in [1.165, 1.54) is 11.1 Å². The zero-order chi connectivity index (χ0) is 9.42. The zero-order valence-corrected chi connectivity index (χ0v) is 9.82. The predicted molar refractivity (Wildman–Crippen MR) is 60.9 cm³/mol. The van der Waals surface area contributed by atoms with Crippen LogP contribution in [0, 0.1) is 14.9 Å². The minimum atomic E-state index is 0.807. The Bertz CT molecular complexity index is 406. The first-order valence-corrected chi connectivity index (χ1v) is 5.59. The first-order valence-electron chi connectivity index (χ1n) is 4.14. The van der Waals surface area contributed by atoms with E-state index in [0.717, 1.165) is 33.4 Å². The SMILES string of the molecule is N#Cc1cc(I)c(Cl)c2c1CCC2. The molecule has 0 saturated carbocycles. The van der Waals surface area contributed by atoms with Crippen LogP contribution in [0.4, 0.5) is 0 Å². The van der Waals surface area contributed by atoms with Gasteiger partial charge in [0, 0.05) is 3.57 Å². The van der Waals surface area contributed by atoms with Gasteiger partial charge in [0.15, 0.2) is 0 Å². The first kappa shape index (κ1) is 9.29. The van der Waals surface area contributed by atoms with Crippen molar-refractivity contribution < 1.29 is 0 Å². The third-order valence-corrected chi connectivity index (χ3v) is 4.01. The largest absolute Gasteiger partial charge is 0.192 e. The summed E-state index contributed by atoms with van der Waals surface area (Å²) in [5.74, 6) is 0. The third-order valence-electron chi connectivity index (χ3n) is 2.41. The minimum Gasteiger partial charge on any atom is -0.192 e. The molecule has 13 heavy (non-hydrogen) atoms. The molecule has 0 spiro atoms. The van der Waals surface area contributed by atoms with Gasteiger partial charge in [0.1, 0.15) is 0 Å². The zero-order valence-electron chi connectivity index (χ0n) is 6.90. The van der Waals surface area contributed by atoms with Crippen molar-refractivity contribution in [3.05, 3.63) is 31.3 Å². The summed E-state index contributed by atoms with van der Waals surface area (Å²) in [4.78, 5) is 0. The van der Waals surface area contributed by atoms with Crippen LogP contribution in [0.3, 0.4) is 0 Å². The van der Waals surface area contributed by atoms with Crippen molar-refractivity contribution in [2.75, 3.05) is 0 Å². The number of nitriles is 1. The molecule has 0 amide bonds. The second-order valence-corrected chi connectivity index (χ2v) is 4.68. The lowest BCUT2D eigenvalue weighted by Gasteiger charge is -2.06. The van der Waals surface area contributed by atoms with Gasteiger partial charge in [0.05, 0.1) is 16.7 Å². The lowest BCUT2D eigenvalue weighted by atomic mass is 10.0. The molecule has 0 aromatic heterocycles. The van der Waals surface area contributed by atoms with Gasteiger partial charge in [0.2, 0.25) is 0 Å². The van der Waals surface area contributed by atoms with Crippen molar-refractivity contribution in [1.29, 1.82) is 5.26 Å². The van der Waals surface area contributed by atoms with Crippen molar-refractivity contribution >= 4 is 34.2 Å². The summed E-state index contributed by atoms with van der Waals surface area (Å²) in [6.07, 6.45) is 3.17. The number of nitrogens with zero attached hydrogens (tertiary/aromatic N) is 1. The molecule has 1 aliphatic carbocycles. The molecular weight excluding hydrogens is 296 g/mol. The molecule has 66 valence electrons. The first-order chi connectivity index (χ1) is 6.24. The van der Waals surface area contributed by atoms with Crippen molar-refractivity contribution in [1.82, 2.24) is 0 Å². The van der Waals surface area contributed by atoms with Crippen molar-refractivity contribution in [2.45, 2.75) is 19.3 Å². The average Bonchev–Trinajstić information content (AvgIpc) is 2.60. The second-order valence-electron chi connectivity index (χ2n) is 3.14. The standard InChI is InChI=1S/C10H7ClIN/c11-10-8-3-1-2-7(8)6(5-13)4-9(10)12/h4H,1-3H2. The number of hydrogen-bond donors (Lipinski definition) is 0. The summed E-state index contributed by atoms with van der Waals surface area (Å²) in [5.41, 5.74) is 3.18. The maximum Gasteiger partial charge on any atom is 0.0995 e. The topological polar surface area (TPSA) is 23.8 Å². The molecule has 0 bridgehead atoms. The Hall–Kier alpha value is -0.270. The molecule has 0 aliphatic heterocycles. The van der Waals surface area contributed by atoms with Gasteiger partial charge in [-0.25, -0.2) is 0 Å². The maximum absolute atomic E-state index is 8.92. The molecule has 2 rings (SSSR count). The molecule has 3 heteroatoms. The van der Waals surface area contributed by atoms with E-state index in [1.54, 1.807) is 0 Å². The minimum absolute atomic E-state index is 0.807. The number of benzene rings is 1. The van der Waals surface area contributed by atoms with Gasteiger partial charge in [0.25, 0.3) is 0 Å². The van der Waals surface area contributed by atoms with Gasteiger partial charge in [-0.05, 0) is 59.0 Å². The fraction of sp³-hybridized carbons (Fsp3) is 0.300. The monoisotopic (exact) mass is 303 g/mol. The van der Waals surface area contributed by atoms with E-state index in [2.05, 4.69) is 28.7 Å². The average molecular weight is 304 g/mol. The molecule has 1 nitrogen and oxygen atoms in total. The summed E-state index contributed by atoms with van der Waals surface area (Å²) in [6.45, 7) is 0. The third kappa shape index (κ3) is 1.44. The van der Waals surface area contributed by atoms with Crippen LogP contribution in [-0.4, -0.2) is 0 Å². The van der Waals surface area contributed by atoms with Crippen LogP contribution in [-0.2, 0) is 12.8 Å². The Balaban J connectivity index is 2.73. The fourth-order valence-corrected chi connectivity index (χ4v) is 2.70. The Kier molecular flexibility index (Phi) is 2.48. The van der Waals surface area contributed by atoms with E-state index in [1.807, 2.05) is 6.07 Å². The highest BCUT2D eigenvalue weighted by molar-refractivity contribution is 14.1. The predicted octanol–water partition coefficient (Wildman–Crippen LogP) is 3.30. The fourth-order valence-electron chi connectivity index (χ4n) is 1.80. The van der Waals surface area contributed by atoms with Gasteiger partial charge < -0.3 is 0 Å². The van der Waals surface area contributed by atoms with Gasteiger partial charge >= 0.3 is 0 Å². The Labute approximate surface area is 95.8 Å². The highest BCUT2D eigenvalue weighted by atomic mass is 127. The quantitative estimate of drug-likeness (QED) is 0.675. The van der Waals surface area contributed by atoms with Crippen LogP contribution in [0.5, 0.6) is 0 Å². The molecule has 1 aromatic carbocycles. The van der Waals surface area contributed by atoms with E-state index < -0.39 is 0 Å². The number of hydrogen-bond acceptors (Lipinski definition) is 1. The number of rotatable bonds is 0. The lowest BCUT2D eigenvalue weighted by Crippen LogP contribution is -1.92.